The molecule has 0 saturated carbocycles. The number of carbonyl (C=O) groups excluding carboxylic acids is 8. The molecular weight excluding hydrogens is 752 g/mol. The lowest BCUT2D eigenvalue weighted by Gasteiger charge is -2.40. The Hall–Kier alpha value is -5.06. The van der Waals surface area contributed by atoms with E-state index >= 15 is 0 Å². The number of rotatable bonds is 28. The van der Waals surface area contributed by atoms with Gasteiger partial charge in [0.2, 0.25) is 12.4 Å². The van der Waals surface area contributed by atoms with Crippen molar-refractivity contribution in [1.82, 2.24) is 0 Å². The van der Waals surface area contributed by atoms with Crippen LogP contribution in [0.25, 0.3) is 0 Å². The van der Waals surface area contributed by atoms with Crippen molar-refractivity contribution in [2.75, 3.05) is 33.0 Å². The molecule has 0 aromatic carbocycles. The molecule has 0 aromatic rings. The molecular formula is C40H58O17. The summed E-state index contributed by atoms with van der Waals surface area (Å²) in [6.07, 6.45) is -3.98. The highest BCUT2D eigenvalue weighted by Gasteiger charge is 2.49. The average molecular weight is 811 g/mol. The summed E-state index contributed by atoms with van der Waals surface area (Å²) in [5.74, 6) is -5.14. The molecule has 1 saturated heterocycles. The van der Waals surface area contributed by atoms with Crippen molar-refractivity contribution in [1.29, 1.82) is 0 Å². The fraction of sp³-hybridized carbons (Fsp3) is 0.650. The standard InChI is InChI=1S/C40H58O17/c1-8-30(41)49-21-13-9-20-34(45)57-40-36(56-33(44)19-12-16-24-52-39(48)28(6)7)35(55-32(43)18-11-15-23-51-38(47)27(4)5)29(25-53-40)54-31(42)17-10-14-22-50-37(46)26(2)3/h29,35-36,40H,2,4,6,8-25H2,1,3,5,7H3/t29-,35+,36-,40?/m1/s1. The van der Waals surface area contributed by atoms with E-state index in [0.29, 0.717) is 25.7 Å². The first kappa shape index (κ1) is 50.0. The first-order valence-electron chi connectivity index (χ1n) is 19.1. The van der Waals surface area contributed by atoms with E-state index in [2.05, 4.69) is 19.7 Å². The van der Waals surface area contributed by atoms with Crippen LogP contribution in [-0.2, 0) is 81.0 Å². The van der Waals surface area contributed by atoms with Gasteiger partial charge in [-0.2, -0.15) is 0 Å². The van der Waals surface area contributed by atoms with Crippen molar-refractivity contribution in [3.63, 3.8) is 0 Å². The highest BCUT2D eigenvalue weighted by molar-refractivity contribution is 5.87. The molecule has 1 aliphatic heterocycles. The van der Waals surface area contributed by atoms with Crippen LogP contribution >= 0.6 is 0 Å². The molecule has 17 nitrogen and oxygen atoms in total. The van der Waals surface area contributed by atoms with Gasteiger partial charge < -0.3 is 42.6 Å². The molecule has 1 rings (SSSR count). The summed E-state index contributed by atoms with van der Waals surface area (Å²) < 4.78 is 48.6. The van der Waals surface area contributed by atoms with E-state index in [-0.39, 0.29) is 107 Å². The van der Waals surface area contributed by atoms with Gasteiger partial charge in [0.15, 0.2) is 12.2 Å². The zero-order chi connectivity index (χ0) is 42.8. The van der Waals surface area contributed by atoms with Crippen LogP contribution in [0.5, 0.6) is 0 Å². The second-order valence-electron chi connectivity index (χ2n) is 13.3. The van der Waals surface area contributed by atoms with Crippen LogP contribution in [0.4, 0.5) is 0 Å². The smallest absolute Gasteiger partial charge is 0.333 e. The summed E-state index contributed by atoms with van der Waals surface area (Å²) in [5.41, 5.74) is 0.676. The highest BCUT2D eigenvalue weighted by atomic mass is 16.7. The third-order valence-electron chi connectivity index (χ3n) is 7.85. The van der Waals surface area contributed by atoms with Crippen molar-refractivity contribution in [3.05, 3.63) is 36.5 Å². The number of hydrogen-bond donors (Lipinski definition) is 0. The maximum Gasteiger partial charge on any atom is 0.333 e. The van der Waals surface area contributed by atoms with Gasteiger partial charge in [-0.15, -0.1) is 0 Å². The van der Waals surface area contributed by atoms with Gasteiger partial charge in [0.25, 0.3) is 0 Å². The summed E-state index contributed by atoms with van der Waals surface area (Å²) in [6, 6.07) is 0. The zero-order valence-corrected chi connectivity index (χ0v) is 33.6. The van der Waals surface area contributed by atoms with E-state index in [1.165, 1.54) is 20.8 Å². The monoisotopic (exact) mass is 810 g/mol. The lowest BCUT2D eigenvalue weighted by Crippen LogP contribution is -2.58. The van der Waals surface area contributed by atoms with Crippen molar-refractivity contribution >= 4 is 47.8 Å². The lowest BCUT2D eigenvalue weighted by molar-refractivity contribution is -0.275. The fourth-order valence-corrected chi connectivity index (χ4v) is 4.69. The van der Waals surface area contributed by atoms with Gasteiger partial charge in [-0.05, 0) is 72.1 Å². The molecule has 0 amide bonds. The van der Waals surface area contributed by atoms with Gasteiger partial charge in [-0.3, -0.25) is 24.0 Å². The molecule has 0 radical (unpaired) electrons. The van der Waals surface area contributed by atoms with Crippen LogP contribution in [0.3, 0.4) is 0 Å². The SMILES string of the molecule is C=C(C)C(=O)OCCCCC(=O)O[C@H]1[C@H](OC(=O)CCCCOC(=O)C(=C)C)COC(OC(=O)CCCCOC(=O)CC)[C@@H]1OC(=O)CCCCOC(=O)C(=C)C. The Bertz CT molecular complexity index is 1420. The Morgan fingerprint density at radius 3 is 1.21 bits per heavy atom. The Morgan fingerprint density at radius 2 is 0.825 bits per heavy atom. The van der Waals surface area contributed by atoms with Crippen LogP contribution in [0.15, 0.2) is 36.5 Å². The maximum absolute atomic E-state index is 13.2. The molecule has 17 heteroatoms. The van der Waals surface area contributed by atoms with E-state index in [0.717, 1.165) is 0 Å². The molecule has 1 unspecified atom stereocenters. The van der Waals surface area contributed by atoms with Crippen LogP contribution in [0.1, 0.15) is 111 Å². The first-order valence-corrected chi connectivity index (χ1v) is 19.1. The zero-order valence-electron chi connectivity index (χ0n) is 33.6. The van der Waals surface area contributed by atoms with Gasteiger partial charge in [-0.25, -0.2) is 14.4 Å². The minimum atomic E-state index is -1.58. The Labute approximate surface area is 333 Å². The van der Waals surface area contributed by atoms with E-state index in [9.17, 15) is 38.4 Å². The first-order chi connectivity index (χ1) is 27.0. The molecule has 0 aromatic heterocycles. The molecule has 0 bridgehead atoms. The topological polar surface area (TPSA) is 220 Å². The van der Waals surface area contributed by atoms with Crippen molar-refractivity contribution in [2.45, 2.75) is 136 Å². The fourth-order valence-electron chi connectivity index (χ4n) is 4.69. The van der Waals surface area contributed by atoms with Gasteiger partial charge >= 0.3 is 47.8 Å². The predicted octanol–water partition coefficient (Wildman–Crippen LogP) is 4.61. The van der Waals surface area contributed by atoms with Crippen LogP contribution in [-0.4, -0.2) is 105 Å². The Balaban J connectivity index is 3.14. The third kappa shape index (κ3) is 22.3. The van der Waals surface area contributed by atoms with E-state index in [4.69, 9.17) is 42.6 Å². The third-order valence-corrected chi connectivity index (χ3v) is 7.85. The molecule has 57 heavy (non-hydrogen) atoms. The number of hydrogen-bond acceptors (Lipinski definition) is 17. The summed E-state index contributed by atoms with van der Waals surface area (Å²) in [4.78, 5) is 98.6. The number of esters is 8. The molecule has 0 spiro atoms. The van der Waals surface area contributed by atoms with Gasteiger partial charge in [0, 0.05) is 48.8 Å². The second-order valence-corrected chi connectivity index (χ2v) is 13.3. The van der Waals surface area contributed by atoms with E-state index in [1.807, 2.05) is 0 Å². The minimum absolute atomic E-state index is 0.0182. The normalized spacial score (nSPS) is 17.2. The largest absolute Gasteiger partial charge is 0.466 e. The van der Waals surface area contributed by atoms with Crippen LogP contribution < -0.4 is 0 Å². The molecule has 1 fully saturated rings. The molecule has 0 N–H and O–H groups in total. The van der Waals surface area contributed by atoms with Gasteiger partial charge in [0.05, 0.1) is 33.0 Å². The summed E-state index contributed by atoms with van der Waals surface area (Å²) in [6.45, 7) is 16.5. The van der Waals surface area contributed by atoms with E-state index in [1.54, 1.807) is 6.92 Å². The van der Waals surface area contributed by atoms with Crippen LogP contribution in [0, 0.1) is 0 Å². The predicted molar refractivity (Wildman–Crippen MR) is 199 cm³/mol. The average Bonchev–Trinajstić information content (AvgIpc) is 3.15. The summed E-state index contributed by atoms with van der Waals surface area (Å²) in [7, 11) is 0. The van der Waals surface area contributed by atoms with Gasteiger partial charge in [0.1, 0.15) is 0 Å². The molecule has 320 valence electrons. The molecule has 0 aliphatic carbocycles. The maximum atomic E-state index is 13.2. The quantitative estimate of drug-likeness (QED) is 0.0456. The van der Waals surface area contributed by atoms with Crippen molar-refractivity contribution in [3.8, 4) is 0 Å². The number of carbonyl (C=O) groups is 8. The van der Waals surface area contributed by atoms with Crippen molar-refractivity contribution in [2.24, 2.45) is 0 Å². The number of unbranched alkanes of at least 4 members (excludes halogenated alkanes) is 4. The lowest BCUT2D eigenvalue weighted by atomic mass is 10.0. The van der Waals surface area contributed by atoms with E-state index < -0.39 is 73.0 Å². The summed E-state index contributed by atoms with van der Waals surface area (Å²) in [5, 5.41) is 0. The molecule has 4 atom stereocenters. The molecule has 1 heterocycles. The second kappa shape index (κ2) is 28.4. The Kier molecular flexibility index (Phi) is 24.8. The molecule has 1 aliphatic rings. The Morgan fingerprint density at radius 1 is 0.474 bits per heavy atom. The minimum Gasteiger partial charge on any atom is -0.466 e. The van der Waals surface area contributed by atoms with Crippen molar-refractivity contribution < 1.29 is 81.0 Å². The van der Waals surface area contributed by atoms with Gasteiger partial charge in [-0.1, -0.05) is 26.7 Å². The number of ether oxygens (including phenoxy) is 9. The summed E-state index contributed by atoms with van der Waals surface area (Å²) >= 11 is 0. The van der Waals surface area contributed by atoms with Crippen LogP contribution in [0.2, 0.25) is 0 Å². The highest BCUT2D eigenvalue weighted by Crippen LogP contribution is 2.27.